The first-order valence-electron chi connectivity index (χ1n) is 10.0. The average molecular weight is 392 g/mol. The smallest absolute Gasteiger partial charge is 0.191 e. The van der Waals surface area contributed by atoms with Gasteiger partial charge in [-0.2, -0.15) is 0 Å². The van der Waals surface area contributed by atoms with Crippen LogP contribution in [0.1, 0.15) is 39.2 Å². The summed E-state index contributed by atoms with van der Waals surface area (Å²) in [5.74, 6) is 0.864. The van der Waals surface area contributed by atoms with E-state index in [-0.39, 0.29) is 0 Å². The van der Waals surface area contributed by atoms with E-state index >= 15 is 0 Å². The van der Waals surface area contributed by atoms with E-state index in [1.165, 1.54) is 17.4 Å². The summed E-state index contributed by atoms with van der Waals surface area (Å²) in [4.78, 5) is 10.1. The molecule has 1 atom stereocenters. The van der Waals surface area contributed by atoms with Gasteiger partial charge in [0.2, 0.25) is 0 Å². The van der Waals surface area contributed by atoms with E-state index in [1.807, 2.05) is 25.2 Å². The van der Waals surface area contributed by atoms with Crippen molar-refractivity contribution >= 4 is 28.5 Å². The first-order chi connectivity index (χ1) is 13.1. The molecule has 1 heterocycles. The highest BCUT2D eigenvalue weighted by Gasteiger charge is 2.08. The van der Waals surface area contributed by atoms with Crippen molar-refractivity contribution < 1.29 is 0 Å². The lowest BCUT2D eigenvalue weighted by Gasteiger charge is -2.21. The third kappa shape index (κ3) is 6.74. The van der Waals surface area contributed by atoms with Crippen LogP contribution in [0.4, 0.5) is 0 Å². The molecule has 2 rings (SSSR count). The van der Waals surface area contributed by atoms with Crippen LogP contribution in [0, 0.1) is 0 Å². The summed E-state index contributed by atoms with van der Waals surface area (Å²) in [5.41, 5.74) is 2.39. The molecule has 27 heavy (non-hydrogen) atoms. The fourth-order valence-corrected chi connectivity index (χ4v) is 3.51. The number of H-pyrrole nitrogens is 1. The molecule has 150 valence electrons. The van der Waals surface area contributed by atoms with Gasteiger partial charge in [-0.25, -0.2) is 0 Å². The first kappa shape index (κ1) is 21.6. The lowest BCUT2D eigenvalue weighted by Crippen LogP contribution is -2.43. The summed E-state index contributed by atoms with van der Waals surface area (Å²) in [5, 5.41) is 8.88. The quantitative estimate of drug-likeness (QED) is 0.423. The summed E-state index contributed by atoms with van der Waals surface area (Å²) in [7, 11) is 1.82. The van der Waals surface area contributed by atoms with Gasteiger partial charge in [-0.15, -0.1) is 0 Å². The van der Waals surface area contributed by atoms with Gasteiger partial charge in [0, 0.05) is 41.8 Å². The van der Waals surface area contributed by atoms with Crippen molar-refractivity contribution in [2.24, 2.45) is 4.99 Å². The van der Waals surface area contributed by atoms with E-state index in [1.54, 1.807) is 0 Å². The van der Waals surface area contributed by atoms with Gasteiger partial charge in [0.1, 0.15) is 0 Å². The standard InChI is InChI=1S/C21H34ClN5/c1-5-27(6-2)13-7-8-16(3)26-21(23-4)24-12-11-17-15-25-20-10-9-18(22)14-19(17)20/h9-10,14-16,25H,5-8,11-13H2,1-4H3,(H2,23,24,26). The van der Waals surface area contributed by atoms with E-state index < -0.39 is 0 Å². The molecule has 0 bridgehead atoms. The Balaban J connectivity index is 1.75. The number of nitrogens with zero attached hydrogens (tertiary/aromatic N) is 2. The molecule has 0 aliphatic carbocycles. The molecule has 0 radical (unpaired) electrons. The molecule has 1 aromatic carbocycles. The fourth-order valence-electron chi connectivity index (χ4n) is 3.33. The molecule has 6 heteroatoms. The highest BCUT2D eigenvalue weighted by atomic mass is 35.5. The van der Waals surface area contributed by atoms with Crippen molar-refractivity contribution in [2.75, 3.05) is 33.2 Å². The van der Waals surface area contributed by atoms with Crippen LogP contribution in [0.25, 0.3) is 10.9 Å². The average Bonchev–Trinajstić information content (AvgIpc) is 3.06. The van der Waals surface area contributed by atoms with Crippen molar-refractivity contribution in [2.45, 2.75) is 46.1 Å². The normalized spacial score (nSPS) is 13.3. The minimum Gasteiger partial charge on any atom is -0.361 e. The second-order valence-electron chi connectivity index (χ2n) is 6.97. The molecule has 0 aliphatic heterocycles. The Labute approximate surface area is 168 Å². The number of aromatic amines is 1. The maximum absolute atomic E-state index is 6.13. The largest absolute Gasteiger partial charge is 0.361 e. The Morgan fingerprint density at radius 1 is 1.30 bits per heavy atom. The highest BCUT2D eigenvalue weighted by Crippen LogP contribution is 2.22. The Hall–Kier alpha value is -1.72. The van der Waals surface area contributed by atoms with Crippen LogP contribution in [0.3, 0.4) is 0 Å². The number of rotatable bonds is 10. The van der Waals surface area contributed by atoms with Crippen molar-refractivity contribution in [3.8, 4) is 0 Å². The summed E-state index contributed by atoms with van der Waals surface area (Å²) in [6.45, 7) is 10.9. The zero-order valence-electron chi connectivity index (χ0n) is 17.1. The van der Waals surface area contributed by atoms with Crippen molar-refractivity contribution in [3.63, 3.8) is 0 Å². The Bertz CT molecular complexity index is 720. The number of guanidine groups is 1. The van der Waals surface area contributed by atoms with Crippen LogP contribution in [-0.2, 0) is 6.42 Å². The molecular weight excluding hydrogens is 358 g/mol. The second kappa shape index (κ2) is 11.2. The van der Waals surface area contributed by atoms with E-state index in [2.05, 4.69) is 52.5 Å². The molecule has 0 saturated heterocycles. The third-order valence-corrected chi connectivity index (χ3v) is 5.26. The summed E-state index contributed by atoms with van der Waals surface area (Å²) in [6.07, 6.45) is 5.31. The van der Waals surface area contributed by atoms with Crippen molar-refractivity contribution in [1.82, 2.24) is 20.5 Å². The van der Waals surface area contributed by atoms with Crippen molar-refractivity contribution in [3.05, 3.63) is 35.0 Å². The molecule has 0 spiro atoms. The zero-order chi connectivity index (χ0) is 19.6. The lowest BCUT2D eigenvalue weighted by atomic mass is 10.1. The maximum atomic E-state index is 6.13. The van der Waals surface area contributed by atoms with Crippen LogP contribution in [0.5, 0.6) is 0 Å². The number of nitrogens with one attached hydrogen (secondary N) is 3. The minimum absolute atomic E-state index is 0.402. The van der Waals surface area contributed by atoms with Gasteiger partial charge < -0.3 is 20.5 Å². The third-order valence-electron chi connectivity index (χ3n) is 5.03. The van der Waals surface area contributed by atoms with Gasteiger partial charge in [-0.05, 0) is 69.6 Å². The molecule has 0 amide bonds. The Kier molecular flexibility index (Phi) is 8.95. The molecule has 0 saturated carbocycles. The summed E-state index contributed by atoms with van der Waals surface area (Å²) >= 11 is 6.13. The predicted octanol–water partition coefficient (Wildman–Crippen LogP) is 4.04. The Morgan fingerprint density at radius 3 is 2.78 bits per heavy atom. The number of aromatic nitrogens is 1. The van der Waals surface area contributed by atoms with Crippen LogP contribution in [0.2, 0.25) is 5.02 Å². The number of hydrogen-bond donors (Lipinski definition) is 3. The molecule has 1 unspecified atom stereocenters. The molecule has 1 aromatic heterocycles. The van der Waals surface area contributed by atoms with E-state index in [0.29, 0.717) is 6.04 Å². The predicted molar refractivity (Wildman–Crippen MR) is 118 cm³/mol. The number of benzene rings is 1. The number of halogens is 1. The van der Waals surface area contributed by atoms with Gasteiger partial charge in [-0.3, -0.25) is 4.99 Å². The molecule has 3 N–H and O–H groups in total. The number of aliphatic imine (C=N–C) groups is 1. The SMILES string of the molecule is CCN(CC)CCCC(C)NC(=NC)NCCc1c[nH]c2ccc(Cl)cc12. The maximum Gasteiger partial charge on any atom is 0.191 e. The molecular formula is C21H34ClN5. The van der Waals surface area contributed by atoms with Gasteiger partial charge in [0.05, 0.1) is 0 Å². The van der Waals surface area contributed by atoms with Crippen molar-refractivity contribution in [1.29, 1.82) is 0 Å². The van der Waals surface area contributed by atoms with Crippen LogP contribution in [-0.4, -0.2) is 55.1 Å². The first-order valence-corrected chi connectivity index (χ1v) is 10.4. The number of fused-ring (bicyclic) bond motifs is 1. The van der Waals surface area contributed by atoms with Crippen LogP contribution >= 0.6 is 11.6 Å². The van der Waals surface area contributed by atoms with E-state index in [9.17, 15) is 0 Å². The topological polar surface area (TPSA) is 55.4 Å². The van der Waals surface area contributed by atoms with E-state index in [4.69, 9.17) is 11.6 Å². The van der Waals surface area contributed by atoms with Gasteiger partial charge in [0.15, 0.2) is 5.96 Å². The number of hydrogen-bond acceptors (Lipinski definition) is 2. The molecule has 0 aliphatic rings. The monoisotopic (exact) mass is 391 g/mol. The molecule has 0 fully saturated rings. The van der Waals surface area contributed by atoms with Gasteiger partial charge in [-0.1, -0.05) is 25.4 Å². The molecule has 2 aromatic rings. The highest BCUT2D eigenvalue weighted by molar-refractivity contribution is 6.31. The van der Waals surface area contributed by atoms with Crippen LogP contribution in [0.15, 0.2) is 29.4 Å². The minimum atomic E-state index is 0.402. The molecule has 5 nitrogen and oxygen atoms in total. The van der Waals surface area contributed by atoms with Crippen LogP contribution < -0.4 is 10.6 Å². The van der Waals surface area contributed by atoms with E-state index in [0.717, 1.165) is 55.5 Å². The van der Waals surface area contributed by atoms with Gasteiger partial charge in [0.25, 0.3) is 0 Å². The fraction of sp³-hybridized carbons (Fsp3) is 0.571. The van der Waals surface area contributed by atoms with Gasteiger partial charge >= 0.3 is 0 Å². The zero-order valence-corrected chi connectivity index (χ0v) is 17.9. The second-order valence-corrected chi connectivity index (χ2v) is 7.40. The summed E-state index contributed by atoms with van der Waals surface area (Å²) in [6, 6.07) is 6.36. The summed E-state index contributed by atoms with van der Waals surface area (Å²) < 4.78 is 0. The lowest BCUT2D eigenvalue weighted by molar-refractivity contribution is 0.292. The Morgan fingerprint density at radius 2 is 2.07 bits per heavy atom.